The van der Waals surface area contributed by atoms with E-state index in [9.17, 15) is 19.2 Å². The van der Waals surface area contributed by atoms with Crippen molar-refractivity contribution in [3.8, 4) is 0 Å². The van der Waals surface area contributed by atoms with Gasteiger partial charge in [-0.2, -0.15) is 0 Å². The van der Waals surface area contributed by atoms with Crippen LogP contribution in [0.5, 0.6) is 0 Å². The summed E-state index contributed by atoms with van der Waals surface area (Å²) in [5, 5.41) is 7.99. The Morgan fingerprint density at radius 3 is 1.24 bits per heavy atom. The van der Waals surface area contributed by atoms with E-state index in [1.807, 2.05) is 30.3 Å². The van der Waals surface area contributed by atoms with Gasteiger partial charge < -0.3 is 0 Å². The van der Waals surface area contributed by atoms with Crippen molar-refractivity contribution in [1.82, 2.24) is 9.80 Å². The second-order valence-corrected chi connectivity index (χ2v) is 18.1. The SMILES string of the molecule is C=Cc1cc2cc3cc4c(cc3cc2cc1/C=C\c1cc2cc3cc5c(cc3cc2cc1C)C(=O)N(CC1CC2C=CC1C2)C5=O)C(=O)N(CC1CC2C=CC1C2)C4=O. The van der Waals surface area contributed by atoms with Crippen molar-refractivity contribution < 1.29 is 19.2 Å². The number of hydrogen-bond acceptors (Lipinski definition) is 4. The highest BCUT2D eigenvalue weighted by Gasteiger charge is 2.44. The first-order valence-corrected chi connectivity index (χ1v) is 21.1. The summed E-state index contributed by atoms with van der Waals surface area (Å²) in [4.78, 5) is 57.4. The Labute approximate surface area is 342 Å². The third kappa shape index (κ3) is 5.31. The van der Waals surface area contributed by atoms with Crippen LogP contribution in [-0.2, 0) is 0 Å². The summed E-state index contributed by atoms with van der Waals surface area (Å²) in [5.41, 5.74) is 6.23. The molecule has 2 fully saturated rings. The Bertz CT molecular complexity index is 3080. The first kappa shape index (κ1) is 34.6. The van der Waals surface area contributed by atoms with E-state index in [-0.39, 0.29) is 23.6 Å². The minimum absolute atomic E-state index is 0.170. The Kier molecular flexibility index (Phi) is 7.37. The van der Waals surface area contributed by atoms with Crippen LogP contribution in [0.25, 0.3) is 61.3 Å². The largest absolute Gasteiger partial charge is 0.274 e. The van der Waals surface area contributed by atoms with Crippen molar-refractivity contribution in [3.05, 3.63) is 148 Å². The molecule has 6 aromatic carbocycles. The number of nitrogens with zero attached hydrogens (tertiary/aromatic N) is 2. The second-order valence-electron chi connectivity index (χ2n) is 18.1. The topological polar surface area (TPSA) is 74.8 Å². The standard InChI is InChI=1S/C53H42N2O4/c1-3-31-15-37-19-41-23-47-49(53(59)55(51(47)57)27-45-14-30-5-7-34(45)12-30)25-43(41)21-39(37)17-35(31)9-8-32-16-38-20-42-24-48-46(22-40(42)18-36(38)10-28(32)2)50(56)54(52(48)58)26-44-13-29-4-6-33(44)11-29/h3-10,15-25,29-30,33-34,44-45H,1,11-14,26-27H2,2H3/b9-8-. The highest BCUT2D eigenvalue weighted by molar-refractivity contribution is 6.24. The summed E-state index contributed by atoms with van der Waals surface area (Å²) in [5.74, 6) is 2.11. The Balaban J connectivity index is 0.840. The van der Waals surface area contributed by atoms with E-state index in [1.165, 1.54) is 9.80 Å². The monoisotopic (exact) mass is 770 g/mol. The van der Waals surface area contributed by atoms with Crippen molar-refractivity contribution in [2.75, 3.05) is 13.1 Å². The van der Waals surface area contributed by atoms with Gasteiger partial charge in [0.15, 0.2) is 0 Å². The zero-order valence-corrected chi connectivity index (χ0v) is 32.9. The van der Waals surface area contributed by atoms with Gasteiger partial charge in [-0.1, -0.05) is 55.2 Å². The average Bonchev–Trinajstić information content (AvgIpc) is 4.11. The number of amides is 4. The Hall–Kier alpha value is -6.40. The van der Waals surface area contributed by atoms with Crippen molar-refractivity contribution in [3.63, 3.8) is 0 Å². The number of benzene rings is 6. The number of aryl methyl sites for hydroxylation is 1. The lowest BCUT2D eigenvalue weighted by Crippen LogP contribution is -2.35. The fourth-order valence-electron chi connectivity index (χ4n) is 11.5. The second kappa shape index (κ2) is 12.6. The number of rotatable bonds is 7. The zero-order chi connectivity index (χ0) is 39.8. The van der Waals surface area contributed by atoms with Gasteiger partial charge in [0.05, 0.1) is 22.3 Å². The Morgan fingerprint density at radius 1 is 0.475 bits per heavy atom. The molecule has 4 aliphatic carbocycles. The summed E-state index contributed by atoms with van der Waals surface area (Å²) in [6.07, 6.45) is 19.6. The van der Waals surface area contributed by atoms with Gasteiger partial charge in [-0.15, -0.1) is 0 Å². The molecule has 4 amide bonds. The smallest absolute Gasteiger partial charge is 0.261 e. The average molecular weight is 771 g/mol. The maximum Gasteiger partial charge on any atom is 0.261 e. The molecule has 2 aliphatic heterocycles. The maximum atomic E-state index is 13.6. The van der Waals surface area contributed by atoms with E-state index in [1.54, 1.807) is 0 Å². The summed E-state index contributed by atoms with van der Waals surface area (Å²) in [6, 6.07) is 24.8. The number of allylic oxidation sites excluding steroid dienone is 4. The van der Waals surface area contributed by atoms with Crippen LogP contribution < -0.4 is 0 Å². The molecule has 0 aromatic heterocycles. The molecule has 2 heterocycles. The van der Waals surface area contributed by atoms with Gasteiger partial charge in [-0.25, -0.2) is 0 Å². The van der Waals surface area contributed by atoms with Crippen molar-refractivity contribution in [2.24, 2.45) is 35.5 Å². The van der Waals surface area contributed by atoms with Crippen LogP contribution in [0.3, 0.4) is 0 Å². The van der Waals surface area contributed by atoms with Gasteiger partial charge in [-0.05, 0) is 200 Å². The lowest BCUT2D eigenvalue weighted by Gasteiger charge is -2.23. The molecule has 288 valence electrons. The van der Waals surface area contributed by atoms with E-state index in [0.29, 0.717) is 70.9 Å². The van der Waals surface area contributed by atoms with Gasteiger partial charge in [0.1, 0.15) is 0 Å². The molecule has 4 bridgehead atoms. The lowest BCUT2D eigenvalue weighted by atomic mass is 9.93. The van der Waals surface area contributed by atoms with Crippen molar-refractivity contribution in [2.45, 2.75) is 32.6 Å². The van der Waals surface area contributed by atoms with E-state index >= 15 is 0 Å². The summed E-state index contributed by atoms with van der Waals surface area (Å²) in [7, 11) is 0. The molecule has 0 saturated heterocycles. The fraction of sp³-hybridized carbons (Fsp3) is 0.245. The normalized spacial score (nSPS) is 25.2. The highest BCUT2D eigenvalue weighted by atomic mass is 16.2. The van der Waals surface area contributed by atoms with Crippen LogP contribution in [0.1, 0.15) is 89.4 Å². The quantitative estimate of drug-likeness (QED) is 0.0701. The molecule has 2 saturated carbocycles. The number of hydrogen-bond donors (Lipinski definition) is 0. The first-order valence-electron chi connectivity index (χ1n) is 21.1. The van der Waals surface area contributed by atoms with Crippen LogP contribution in [0.2, 0.25) is 0 Å². The predicted octanol–water partition coefficient (Wildman–Crippen LogP) is 11.0. The van der Waals surface area contributed by atoms with Crippen molar-refractivity contribution >= 4 is 84.9 Å². The van der Waals surface area contributed by atoms with Crippen LogP contribution in [0, 0.1) is 42.4 Å². The summed E-state index contributed by atoms with van der Waals surface area (Å²) >= 11 is 0. The number of carbonyl (C=O) groups excluding carboxylic acids is 4. The van der Waals surface area contributed by atoms with Crippen LogP contribution >= 0.6 is 0 Å². The van der Waals surface area contributed by atoms with E-state index < -0.39 is 0 Å². The number of imide groups is 2. The van der Waals surface area contributed by atoms with E-state index in [4.69, 9.17) is 0 Å². The molecule has 6 heteroatoms. The van der Waals surface area contributed by atoms with Gasteiger partial charge in [0.25, 0.3) is 23.6 Å². The third-order valence-electron chi connectivity index (χ3n) is 14.7. The molecule has 59 heavy (non-hydrogen) atoms. The van der Waals surface area contributed by atoms with Gasteiger partial charge in [0.2, 0.25) is 0 Å². The molecule has 12 rings (SSSR count). The fourth-order valence-corrected chi connectivity index (χ4v) is 11.5. The number of carbonyl (C=O) groups is 4. The van der Waals surface area contributed by atoms with Crippen LogP contribution in [0.4, 0.5) is 0 Å². The third-order valence-corrected chi connectivity index (χ3v) is 14.7. The molecule has 6 nitrogen and oxygen atoms in total. The lowest BCUT2D eigenvalue weighted by molar-refractivity contribution is 0.0606. The molecule has 6 aromatic rings. The number of fused-ring (bicyclic) bond motifs is 10. The van der Waals surface area contributed by atoms with Crippen LogP contribution in [-0.4, -0.2) is 46.5 Å². The maximum absolute atomic E-state index is 13.6. The highest BCUT2D eigenvalue weighted by Crippen LogP contribution is 2.46. The molecule has 0 spiro atoms. The minimum atomic E-state index is -0.179. The molecular weight excluding hydrogens is 729 g/mol. The van der Waals surface area contributed by atoms with E-state index in [2.05, 4.69) is 98.5 Å². The van der Waals surface area contributed by atoms with E-state index in [0.717, 1.165) is 91.0 Å². The minimum Gasteiger partial charge on any atom is -0.274 e. The molecular formula is C53H42N2O4. The molecule has 6 atom stereocenters. The molecule has 6 aliphatic rings. The van der Waals surface area contributed by atoms with Crippen LogP contribution in [0.15, 0.2) is 104 Å². The molecule has 0 N–H and O–H groups in total. The summed E-state index contributed by atoms with van der Waals surface area (Å²) in [6.45, 7) is 7.23. The summed E-state index contributed by atoms with van der Waals surface area (Å²) < 4.78 is 0. The molecule has 0 radical (unpaired) electrons. The Morgan fingerprint density at radius 2 is 0.847 bits per heavy atom. The van der Waals surface area contributed by atoms with Gasteiger partial charge >= 0.3 is 0 Å². The molecule has 6 unspecified atom stereocenters. The zero-order valence-electron chi connectivity index (χ0n) is 32.9. The first-order chi connectivity index (χ1) is 28.6. The van der Waals surface area contributed by atoms with Gasteiger partial charge in [-0.3, -0.25) is 29.0 Å². The van der Waals surface area contributed by atoms with Crippen molar-refractivity contribution in [1.29, 1.82) is 0 Å². The predicted molar refractivity (Wildman–Crippen MR) is 235 cm³/mol. The van der Waals surface area contributed by atoms with Gasteiger partial charge in [0, 0.05) is 13.1 Å².